The first-order valence-electron chi connectivity index (χ1n) is 9.74. The van der Waals surface area contributed by atoms with E-state index in [0.717, 1.165) is 65.4 Å². The second kappa shape index (κ2) is 9.73. The number of ether oxygens (including phenoxy) is 1. The first-order chi connectivity index (χ1) is 11.4. The normalized spacial score (nSPS) is 26.9. The summed E-state index contributed by atoms with van der Waals surface area (Å²) in [6, 6.07) is 0. The summed E-state index contributed by atoms with van der Waals surface area (Å²) in [4.78, 5) is 17.6. The zero-order valence-electron chi connectivity index (χ0n) is 16.1. The standard InChI is InChI=1S/C19H37N3O2/c1-15(2)10-20-19(23)18-9-17(12-21-5-7-24-8-6-21)13-22(14-18)11-16(3)4/h15-18H,5-14H2,1-4H3,(H,20,23)/t17-,18-/m1/s1. The molecule has 0 radical (unpaired) electrons. The van der Waals surface area contributed by atoms with E-state index in [0.29, 0.717) is 17.8 Å². The predicted octanol–water partition coefficient (Wildman–Crippen LogP) is 1.68. The maximum Gasteiger partial charge on any atom is 0.224 e. The Kier molecular flexibility index (Phi) is 7.98. The van der Waals surface area contributed by atoms with Gasteiger partial charge in [0.15, 0.2) is 0 Å². The third-order valence-corrected chi connectivity index (χ3v) is 4.91. The third kappa shape index (κ3) is 6.69. The average Bonchev–Trinajstić information content (AvgIpc) is 2.52. The van der Waals surface area contributed by atoms with Gasteiger partial charge in [-0.2, -0.15) is 0 Å². The van der Waals surface area contributed by atoms with Crippen LogP contribution in [0.3, 0.4) is 0 Å². The van der Waals surface area contributed by atoms with Crippen molar-refractivity contribution in [3.8, 4) is 0 Å². The molecule has 0 bridgehead atoms. The molecule has 140 valence electrons. The van der Waals surface area contributed by atoms with Crippen molar-refractivity contribution < 1.29 is 9.53 Å². The molecule has 0 aromatic rings. The van der Waals surface area contributed by atoms with Crippen molar-refractivity contribution in [1.29, 1.82) is 0 Å². The summed E-state index contributed by atoms with van der Waals surface area (Å²) in [5.74, 6) is 2.14. The topological polar surface area (TPSA) is 44.8 Å². The second-order valence-corrected chi connectivity index (χ2v) is 8.46. The van der Waals surface area contributed by atoms with Gasteiger partial charge >= 0.3 is 0 Å². The number of hydrogen-bond donors (Lipinski definition) is 1. The molecule has 5 nitrogen and oxygen atoms in total. The van der Waals surface area contributed by atoms with Crippen LogP contribution in [0.15, 0.2) is 0 Å². The molecule has 2 aliphatic heterocycles. The van der Waals surface area contributed by atoms with Gasteiger partial charge in [0, 0.05) is 45.8 Å². The molecule has 1 amide bonds. The molecule has 2 aliphatic rings. The molecule has 0 aromatic heterocycles. The molecule has 0 unspecified atom stereocenters. The van der Waals surface area contributed by atoms with Crippen LogP contribution in [0.25, 0.3) is 0 Å². The van der Waals surface area contributed by atoms with Gasteiger partial charge < -0.3 is 15.0 Å². The van der Waals surface area contributed by atoms with Crippen molar-refractivity contribution in [3.63, 3.8) is 0 Å². The lowest BCUT2D eigenvalue weighted by Crippen LogP contribution is -2.51. The number of rotatable bonds is 7. The Labute approximate surface area is 148 Å². The first kappa shape index (κ1) is 19.7. The van der Waals surface area contributed by atoms with Crippen LogP contribution < -0.4 is 5.32 Å². The zero-order chi connectivity index (χ0) is 17.5. The fraction of sp³-hybridized carbons (Fsp3) is 0.947. The van der Waals surface area contributed by atoms with E-state index in [2.05, 4.69) is 42.8 Å². The van der Waals surface area contributed by atoms with Gasteiger partial charge in [0.1, 0.15) is 0 Å². The van der Waals surface area contributed by atoms with Crippen molar-refractivity contribution in [2.45, 2.75) is 34.1 Å². The van der Waals surface area contributed by atoms with Crippen LogP contribution in [0.2, 0.25) is 0 Å². The summed E-state index contributed by atoms with van der Waals surface area (Å²) in [7, 11) is 0. The molecule has 5 heteroatoms. The molecule has 0 saturated carbocycles. The highest BCUT2D eigenvalue weighted by molar-refractivity contribution is 5.79. The number of likely N-dealkylation sites (tertiary alicyclic amines) is 1. The number of hydrogen-bond acceptors (Lipinski definition) is 4. The quantitative estimate of drug-likeness (QED) is 0.767. The first-order valence-corrected chi connectivity index (χ1v) is 9.74. The van der Waals surface area contributed by atoms with Crippen LogP contribution in [-0.4, -0.2) is 74.7 Å². The molecule has 0 aromatic carbocycles. The van der Waals surface area contributed by atoms with E-state index in [1.807, 2.05) is 0 Å². The number of morpholine rings is 1. The Morgan fingerprint density at radius 3 is 2.42 bits per heavy atom. The summed E-state index contributed by atoms with van der Waals surface area (Å²) in [6.07, 6.45) is 1.02. The lowest BCUT2D eigenvalue weighted by atomic mass is 9.87. The molecular weight excluding hydrogens is 302 g/mol. The summed E-state index contributed by atoms with van der Waals surface area (Å²) in [5.41, 5.74) is 0. The molecule has 2 fully saturated rings. The average molecular weight is 340 g/mol. The van der Waals surface area contributed by atoms with Gasteiger partial charge in [-0.25, -0.2) is 0 Å². The lowest BCUT2D eigenvalue weighted by molar-refractivity contribution is -0.128. The molecule has 2 saturated heterocycles. The molecule has 24 heavy (non-hydrogen) atoms. The third-order valence-electron chi connectivity index (χ3n) is 4.91. The van der Waals surface area contributed by atoms with E-state index in [-0.39, 0.29) is 11.8 Å². The van der Waals surface area contributed by atoms with Gasteiger partial charge in [0.25, 0.3) is 0 Å². The highest BCUT2D eigenvalue weighted by Crippen LogP contribution is 2.24. The van der Waals surface area contributed by atoms with Crippen LogP contribution in [0.1, 0.15) is 34.1 Å². The molecular formula is C19H37N3O2. The van der Waals surface area contributed by atoms with Crippen LogP contribution in [0.4, 0.5) is 0 Å². The second-order valence-electron chi connectivity index (χ2n) is 8.46. The monoisotopic (exact) mass is 339 g/mol. The Balaban J connectivity index is 1.92. The van der Waals surface area contributed by atoms with E-state index in [1.165, 1.54) is 0 Å². The molecule has 0 spiro atoms. The Hall–Kier alpha value is -0.650. The Morgan fingerprint density at radius 1 is 1.08 bits per heavy atom. The number of amides is 1. The molecule has 2 rings (SSSR count). The van der Waals surface area contributed by atoms with Gasteiger partial charge in [0.05, 0.1) is 19.1 Å². The maximum absolute atomic E-state index is 12.6. The van der Waals surface area contributed by atoms with E-state index in [9.17, 15) is 4.79 Å². The Bertz CT molecular complexity index is 381. The van der Waals surface area contributed by atoms with Gasteiger partial charge in [-0.1, -0.05) is 27.7 Å². The highest BCUT2D eigenvalue weighted by Gasteiger charge is 2.32. The van der Waals surface area contributed by atoms with E-state index >= 15 is 0 Å². The number of nitrogens with zero attached hydrogens (tertiary/aromatic N) is 2. The fourth-order valence-corrected chi connectivity index (χ4v) is 3.89. The van der Waals surface area contributed by atoms with E-state index in [1.54, 1.807) is 0 Å². The van der Waals surface area contributed by atoms with Gasteiger partial charge in [-0.3, -0.25) is 9.69 Å². The van der Waals surface area contributed by atoms with E-state index < -0.39 is 0 Å². The van der Waals surface area contributed by atoms with Gasteiger partial charge in [-0.15, -0.1) is 0 Å². The predicted molar refractivity (Wildman–Crippen MR) is 98.0 cm³/mol. The number of carbonyl (C=O) groups excluding carboxylic acids is 1. The summed E-state index contributed by atoms with van der Waals surface area (Å²) in [5, 5.41) is 3.15. The number of piperidine rings is 1. The van der Waals surface area contributed by atoms with Crippen molar-refractivity contribution >= 4 is 5.91 Å². The molecule has 2 atom stereocenters. The van der Waals surface area contributed by atoms with Gasteiger partial charge in [0.2, 0.25) is 5.91 Å². The van der Waals surface area contributed by atoms with Crippen LogP contribution in [0.5, 0.6) is 0 Å². The number of carbonyl (C=O) groups is 1. The summed E-state index contributed by atoms with van der Waals surface area (Å²) in [6.45, 7) is 17.6. The van der Waals surface area contributed by atoms with Crippen molar-refractivity contribution in [2.75, 3.05) is 59.0 Å². The van der Waals surface area contributed by atoms with Crippen LogP contribution in [-0.2, 0) is 9.53 Å². The van der Waals surface area contributed by atoms with Crippen molar-refractivity contribution in [1.82, 2.24) is 15.1 Å². The minimum atomic E-state index is 0.141. The molecule has 0 aliphatic carbocycles. The molecule has 2 heterocycles. The van der Waals surface area contributed by atoms with Crippen LogP contribution in [0, 0.1) is 23.7 Å². The van der Waals surface area contributed by atoms with Crippen molar-refractivity contribution in [3.05, 3.63) is 0 Å². The minimum Gasteiger partial charge on any atom is -0.379 e. The lowest BCUT2D eigenvalue weighted by Gasteiger charge is -2.40. The number of nitrogens with one attached hydrogen (secondary N) is 1. The van der Waals surface area contributed by atoms with Crippen molar-refractivity contribution in [2.24, 2.45) is 23.7 Å². The zero-order valence-corrected chi connectivity index (χ0v) is 16.1. The van der Waals surface area contributed by atoms with E-state index in [4.69, 9.17) is 4.74 Å². The summed E-state index contributed by atoms with van der Waals surface area (Å²) >= 11 is 0. The summed E-state index contributed by atoms with van der Waals surface area (Å²) < 4.78 is 5.46. The van der Waals surface area contributed by atoms with Gasteiger partial charge in [-0.05, 0) is 24.2 Å². The SMILES string of the molecule is CC(C)CNC(=O)[C@@H]1C[C@H](CN2CCOCC2)CN(CC(C)C)C1. The van der Waals surface area contributed by atoms with Crippen LogP contribution >= 0.6 is 0 Å². The largest absolute Gasteiger partial charge is 0.379 e. The maximum atomic E-state index is 12.6. The molecule has 1 N–H and O–H groups in total. The Morgan fingerprint density at radius 2 is 1.79 bits per heavy atom. The minimum absolute atomic E-state index is 0.141. The smallest absolute Gasteiger partial charge is 0.224 e. The highest BCUT2D eigenvalue weighted by atomic mass is 16.5. The fourth-order valence-electron chi connectivity index (χ4n) is 3.89.